The Hall–Kier alpha value is -0.980. The summed E-state index contributed by atoms with van der Waals surface area (Å²) < 4.78 is 10.9. The van der Waals surface area contributed by atoms with Gasteiger partial charge in [0, 0.05) is 5.56 Å². The zero-order valence-corrected chi connectivity index (χ0v) is 9.27. The second-order valence-electron chi connectivity index (χ2n) is 3.95. The summed E-state index contributed by atoms with van der Waals surface area (Å²) in [6.45, 7) is -0.630. The number of ether oxygens (including phenoxy) is 2. The van der Waals surface area contributed by atoms with Crippen LogP contribution in [0.3, 0.4) is 0 Å². The largest absolute Gasteiger partial charge is 0.394 e. The quantitative estimate of drug-likeness (QED) is 0.682. The van der Waals surface area contributed by atoms with Gasteiger partial charge in [-0.1, -0.05) is 30.3 Å². The third-order valence-corrected chi connectivity index (χ3v) is 2.79. The van der Waals surface area contributed by atoms with Crippen LogP contribution in [0.5, 0.6) is 0 Å². The maximum atomic E-state index is 9.72. The van der Waals surface area contributed by atoms with Crippen molar-refractivity contribution in [2.75, 3.05) is 13.2 Å². The van der Waals surface area contributed by atoms with Crippen LogP contribution in [0.2, 0.25) is 0 Å². The van der Waals surface area contributed by atoms with Gasteiger partial charge in [0.1, 0.15) is 18.3 Å². The Bertz CT molecular complexity index is 328. The fraction of sp³-hybridized carbons (Fsp3) is 0.500. The highest BCUT2D eigenvalue weighted by Crippen LogP contribution is 2.29. The second kappa shape index (κ2) is 5.57. The first-order chi connectivity index (χ1) is 8.26. The normalized spacial score (nSPS) is 33.6. The van der Waals surface area contributed by atoms with Crippen LogP contribution in [0.4, 0.5) is 0 Å². The smallest absolute Gasteiger partial charge is 0.184 e. The SMILES string of the molecule is OC[C@@H]1OC(c2ccccc2)O[C@H](CO)[C@H]1O. The number of rotatable bonds is 3. The molecule has 17 heavy (non-hydrogen) atoms. The van der Waals surface area contributed by atoms with Crippen LogP contribution < -0.4 is 0 Å². The summed E-state index contributed by atoms with van der Waals surface area (Å²) in [5.74, 6) is 0. The van der Waals surface area contributed by atoms with E-state index >= 15 is 0 Å². The van der Waals surface area contributed by atoms with Gasteiger partial charge in [0.25, 0.3) is 0 Å². The van der Waals surface area contributed by atoms with E-state index in [1.807, 2.05) is 30.3 Å². The molecular formula is C12H16O5. The van der Waals surface area contributed by atoms with E-state index < -0.39 is 24.6 Å². The highest BCUT2D eigenvalue weighted by molar-refractivity contribution is 5.16. The van der Waals surface area contributed by atoms with Gasteiger partial charge in [0.05, 0.1) is 13.2 Å². The van der Waals surface area contributed by atoms with E-state index in [-0.39, 0.29) is 13.2 Å². The van der Waals surface area contributed by atoms with Crippen molar-refractivity contribution in [3.05, 3.63) is 35.9 Å². The standard InChI is InChI=1S/C12H16O5/c13-6-9-11(15)10(7-14)17-12(16-9)8-4-2-1-3-5-8/h1-5,9-15H,6-7H2/t9-,10+,11-,12?. The molecule has 1 saturated heterocycles. The van der Waals surface area contributed by atoms with Crippen molar-refractivity contribution in [2.24, 2.45) is 0 Å². The molecule has 5 nitrogen and oxygen atoms in total. The zero-order chi connectivity index (χ0) is 12.3. The molecule has 4 atom stereocenters. The van der Waals surface area contributed by atoms with E-state index in [0.29, 0.717) is 0 Å². The van der Waals surface area contributed by atoms with E-state index in [4.69, 9.17) is 19.7 Å². The first-order valence-electron chi connectivity index (χ1n) is 5.52. The van der Waals surface area contributed by atoms with Gasteiger partial charge in [0.2, 0.25) is 0 Å². The summed E-state index contributed by atoms with van der Waals surface area (Å²) in [7, 11) is 0. The zero-order valence-electron chi connectivity index (χ0n) is 9.27. The summed E-state index contributed by atoms with van der Waals surface area (Å²) in [4.78, 5) is 0. The predicted molar refractivity (Wildman–Crippen MR) is 59.1 cm³/mol. The molecule has 2 rings (SSSR count). The van der Waals surface area contributed by atoms with Gasteiger partial charge in [0.15, 0.2) is 6.29 Å². The summed E-state index contributed by atoms with van der Waals surface area (Å²) in [5, 5.41) is 28.0. The maximum Gasteiger partial charge on any atom is 0.184 e. The predicted octanol–water partition coefficient (Wildman–Crippen LogP) is -0.185. The maximum absolute atomic E-state index is 9.72. The highest BCUT2D eigenvalue weighted by atomic mass is 16.7. The van der Waals surface area contributed by atoms with Crippen LogP contribution in [0, 0.1) is 0 Å². The van der Waals surface area contributed by atoms with Crippen LogP contribution in [0.1, 0.15) is 11.9 Å². The Kier molecular flexibility index (Phi) is 4.09. The van der Waals surface area contributed by atoms with Crippen molar-refractivity contribution in [1.29, 1.82) is 0 Å². The van der Waals surface area contributed by atoms with Gasteiger partial charge >= 0.3 is 0 Å². The fourth-order valence-corrected chi connectivity index (χ4v) is 1.82. The molecule has 0 aliphatic carbocycles. The average molecular weight is 240 g/mol. The van der Waals surface area contributed by atoms with Crippen molar-refractivity contribution >= 4 is 0 Å². The second-order valence-corrected chi connectivity index (χ2v) is 3.95. The molecule has 3 N–H and O–H groups in total. The van der Waals surface area contributed by atoms with E-state index in [0.717, 1.165) is 5.56 Å². The molecule has 1 aromatic carbocycles. The van der Waals surface area contributed by atoms with Crippen molar-refractivity contribution in [3.8, 4) is 0 Å². The lowest BCUT2D eigenvalue weighted by Gasteiger charge is -2.38. The molecule has 1 fully saturated rings. The molecule has 94 valence electrons. The molecule has 1 aliphatic heterocycles. The van der Waals surface area contributed by atoms with Crippen LogP contribution in [0.25, 0.3) is 0 Å². The summed E-state index contributed by atoms with van der Waals surface area (Å²) in [5.41, 5.74) is 0.788. The summed E-state index contributed by atoms with van der Waals surface area (Å²) in [6.07, 6.45) is -3.18. The van der Waals surface area contributed by atoms with E-state index in [1.165, 1.54) is 0 Å². The highest BCUT2D eigenvalue weighted by Gasteiger charge is 2.38. The number of aliphatic hydroxyl groups is 3. The monoisotopic (exact) mass is 240 g/mol. The van der Waals surface area contributed by atoms with Crippen LogP contribution in [0.15, 0.2) is 30.3 Å². The molecule has 0 spiro atoms. The molecule has 1 unspecified atom stereocenters. The molecule has 1 heterocycles. The van der Waals surface area contributed by atoms with Crippen LogP contribution >= 0.6 is 0 Å². The molecule has 0 radical (unpaired) electrons. The topological polar surface area (TPSA) is 79.2 Å². The van der Waals surface area contributed by atoms with E-state index in [9.17, 15) is 5.11 Å². The Labute approximate surface area is 99.2 Å². The third kappa shape index (κ3) is 2.65. The van der Waals surface area contributed by atoms with Gasteiger partial charge in [-0.2, -0.15) is 0 Å². The fourth-order valence-electron chi connectivity index (χ4n) is 1.82. The third-order valence-electron chi connectivity index (χ3n) is 2.79. The van der Waals surface area contributed by atoms with E-state index in [1.54, 1.807) is 0 Å². The van der Waals surface area contributed by atoms with Gasteiger partial charge in [-0.3, -0.25) is 0 Å². The first-order valence-corrected chi connectivity index (χ1v) is 5.52. The average Bonchev–Trinajstić information content (AvgIpc) is 2.40. The van der Waals surface area contributed by atoms with Gasteiger partial charge in [-0.05, 0) is 0 Å². The van der Waals surface area contributed by atoms with Gasteiger partial charge < -0.3 is 24.8 Å². The Morgan fingerprint density at radius 3 is 1.94 bits per heavy atom. The number of aliphatic hydroxyl groups excluding tert-OH is 3. The molecular weight excluding hydrogens is 224 g/mol. The minimum atomic E-state index is -1.02. The van der Waals surface area contributed by atoms with E-state index in [2.05, 4.69) is 0 Å². The minimum absolute atomic E-state index is 0.315. The molecule has 0 amide bonds. The number of hydrogen-bond donors (Lipinski definition) is 3. The van der Waals surface area contributed by atoms with Crippen LogP contribution in [-0.4, -0.2) is 46.8 Å². The van der Waals surface area contributed by atoms with Crippen molar-refractivity contribution in [3.63, 3.8) is 0 Å². The lowest BCUT2D eigenvalue weighted by Crippen LogP contribution is -2.50. The molecule has 0 aromatic heterocycles. The molecule has 0 bridgehead atoms. The van der Waals surface area contributed by atoms with Gasteiger partial charge in [-0.15, -0.1) is 0 Å². The molecule has 1 aliphatic rings. The Morgan fingerprint density at radius 1 is 0.941 bits per heavy atom. The lowest BCUT2D eigenvalue weighted by atomic mass is 10.1. The van der Waals surface area contributed by atoms with Gasteiger partial charge in [-0.25, -0.2) is 0 Å². The van der Waals surface area contributed by atoms with Crippen molar-refractivity contribution in [1.82, 2.24) is 0 Å². The Morgan fingerprint density at radius 2 is 1.47 bits per heavy atom. The molecule has 1 aromatic rings. The minimum Gasteiger partial charge on any atom is -0.394 e. The summed E-state index contributed by atoms with van der Waals surface area (Å²) >= 11 is 0. The van der Waals surface area contributed by atoms with Crippen molar-refractivity contribution < 1.29 is 24.8 Å². The first kappa shape index (κ1) is 12.5. The molecule has 5 heteroatoms. The lowest BCUT2D eigenvalue weighted by molar-refractivity contribution is -0.298. The summed E-state index contributed by atoms with van der Waals surface area (Å²) in [6, 6.07) is 9.20. The number of benzene rings is 1. The van der Waals surface area contributed by atoms with Crippen molar-refractivity contribution in [2.45, 2.75) is 24.6 Å². The van der Waals surface area contributed by atoms with Crippen LogP contribution in [-0.2, 0) is 9.47 Å². The number of hydrogen-bond acceptors (Lipinski definition) is 5. The Balaban J connectivity index is 2.15. The molecule has 0 saturated carbocycles.